The van der Waals surface area contributed by atoms with Crippen LogP contribution in [0.15, 0.2) is 0 Å². The highest BCUT2D eigenvalue weighted by Crippen LogP contribution is 2.39. The smallest absolute Gasteiger partial charge is 0.297 e. The van der Waals surface area contributed by atoms with Crippen LogP contribution in [0, 0.1) is 0 Å². The van der Waals surface area contributed by atoms with Crippen LogP contribution in [0.4, 0.5) is 0 Å². The second-order valence-corrected chi connectivity index (χ2v) is 4.22. The zero-order valence-corrected chi connectivity index (χ0v) is 7.39. The van der Waals surface area contributed by atoms with Crippen LogP contribution in [0.25, 0.3) is 0 Å². The molecule has 0 aliphatic carbocycles. The third-order valence-corrected chi connectivity index (χ3v) is 2.67. The fourth-order valence-electron chi connectivity index (χ4n) is 0.979. The first-order valence-corrected chi connectivity index (χ1v) is 5.50. The summed E-state index contributed by atoms with van der Waals surface area (Å²) in [6, 6.07) is 0. The molecule has 1 aliphatic heterocycles. The highest BCUT2D eigenvalue weighted by Gasteiger charge is 2.18. The molecule has 1 heterocycles. The van der Waals surface area contributed by atoms with E-state index in [9.17, 15) is 4.57 Å². The van der Waals surface area contributed by atoms with E-state index in [2.05, 4.69) is 0 Å². The van der Waals surface area contributed by atoms with Gasteiger partial charge in [-0.15, -0.1) is 0 Å². The van der Waals surface area contributed by atoms with E-state index in [0.717, 1.165) is 25.7 Å². The van der Waals surface area contributed by atoms with Crippen LogP contribution in [-0.2, 0) is 13.6 Å². The minimum Gasteiger partial charge on any atom is -0.297 e. The Kier molecular flexibility index (Phi) is 3.52. The molecule has 0 aromatic heterocycles. The summed E-state index contributed by atoms with van der Waals surface area (Å²) in [5, 5.41) is 0. The van der Waals surface area contributed by atoms with Gasteiger partial charge in [0.1, 0.15) is 0 Å². The summed E-state index contributed by atoms with van der Waals surface area (Å²) in [4.78, 5) is 0. The predicted octanol–water partition coefficient (Wildman–Crippen LogP) is 1.66. The van der Waals surface area contributed by atoms with E-state index >= 15 is 0 Å². The maximum atomic E-state index is 11.1. The second kappa shape index (κ2) is 4.21. The van der Waals surface area contributed by atoms with Crippen LogP contribution in [0.1, 0.15) is 25.7 Å². The molecule has 5 heteroatoms. The Labute approximate surface area is 66.6 Å². The van der Waals surface area contributed by atoms with Crippen LogP contribution in [0.2, 0.25) is 0 Å². The number of nitrogens with two attached hydrogens (primary N) is 1. The van der Waals surface area contributed by atoms with Crippen LogP contribution in [-0.4, -0.2) is 13.2 Å². The predicted molar refractivity (Wildman–Crippen MR) is 42.2 cm³/mol. The SMILES string of the molecule is NP1(=O)OCCCCCCO1. The van der Waals surface area contributed by atoms with Gasteiger partial charge >= 0.3 is 7.75 Å². The molecule has 1 fully saturated rings. The molecule has 11 heavy (non-hydrogen) atoms. The molecule has 1 rings (SSSR count). The minimum absolute atomic E-state index is 0.452. The first-order valence-electron chi connectivity index (χ1n) is 3.88. The van der Waals surface area contributed by atoms with Gasteiger partial charge in [-0.2, -0.15) is 0 Å². The molecule has 1 aliphatic rings. The Morgan fingerprint density at radius 2 is 1.45 bits per heavy atom. The Balaban J connectivity index is 2.37. The van der Waals surface area contributed by atoms with Crippen LogP contribution in [0.5, 0.6) is 0 Å². The van der Waals surface area contributed by atoms with Crippen molar-refractivity contribution in [2.45, 2.75) is 25.7 Å². The molecule has 2 N–H and O–H groups in total. The van der Waals surface area contributed by atoms with Crippen molar-refractivity contribution in [2.24, 2.45) is 5.50 Å². The summed E-state index contributed by atoms with van der Waals surface area (Å²) in [5.41, 5.74) is 5.23. The normalized spacial score (nSPS) is 26.6. The molecule has 4 nitrogen and oxygen atoms in total. The van der Waals surface area contributed by atoms with Gasteiger partial charge in [0, 0.05) is 0 Å². The number of hydrogen-bond donors (Lipinski definition) is 1. The van der Waals surface area contributed by atoms with Crippen LogP contribution < -0.4 is 5.50 Å². The van der Waals surface area contributed by atoms with Gasteiger partial charge in [-0.05, 0) is 12.8 Å². The van der Waals surface area contributed by atoms with E-state index in [1.54, 1.807) is 0 Å². The number of rotatable bonds is 0. The fraction of sp³-hybridized carbons (Fsp3) is 1.00. The van der Waals surface area contributed by atoms with Gasteiger partial charge in [-0.1, -0.05) is 12.8 Å². The van der Waals surface area contributed by atoms with E-state index in [4.69, 9.17) is 14.6 Å². The zero-order valence-electron chi connectivity index (χ0n) is 6.49. The zero-order chi connectivity index (χ0) is 8.16. The molecule has 0 atom stereocenters. The Morgan fingerprint density at radius 3 is 1.91 bits per heavy atom. The van der Waals surface area contributed by atoms with Gasteiger partial charge in [0.15, 0.2) is 0 Å². The lowest BCUT2D eigenvalue weighted by Crippen LogP contribution is -2.04. The van der Waals surface area contributed by atoms with Crippen molar-refractivity contribution in [1.82, 2.24) is 0 Å². The fourth-order valence-corrected chi connectivity index (χ4v) is 1.82. The van der Waals surface area contributed by atoms with Gasteiger partial charge < -0.3 is 0 Å². The summed E-state index contributed by atoms with van der Waals surface area (Å²) in [7, 11) is -3.19. The maximum absolute atomic E-state index is 11.1. The standard InChI is InChI=1S/C6H14NO3P/c7-11(8)9-5-3-1-2-4-6-10-11/h1-6H2,(H2,7,8). The summed E-state index contributed by atoms with van der Waals surface area (Å²) in [6.45, 7) is 0.904. The summed E-state index contributed by atoms with van der Waals surface area (Å²) in [6.07, 6.45) is 4.04. The average Bonchev–Trinajstić information content (AvgIpc) is 2.00. The van der Waals surface area contributed by atoms with E-state index in [1.807, 2.05) is 0 Å². The molecular formula is C6H14NO3P. The Morgan fingerprint density at radius 1 is 1.00 bits per heavy atom. The second-order valence-electron chi connectivity index (χ2n) is 2.62. The van der Waals surface area contributed by atoms with Crippen LogP contribution >= 0.6 is 7.75 Å². The molecule has 66 valence electrons. The van der Waals surface area contributed by atoms with Gasteiger partial charge in [0.25, 0.3) is 0 Å². The molecule has 0 spiro atoms. The van der Waals surface area contributed by atoms with Crippen LogP contribution in [0.3, 0.4) is 0 Å². The van der Waals surface area contributed by atoms with E-state index in [-0.39, 0.29) is 0 Å². The quantitative estimate of drug-likeness (QED) is 0.574. The van der Waals surface area contributed by atoms with Crippen molar-refractivity contribution in [3.63, 3.8) is 0 Å². The van der Waals surface area contributed by atoms with Gasteiger partial charge in [0.2, 0.25) is 0 Å². The van der Waals surface area contributed by atoms with Crippen molar-refractivity contribution in [3.8, 4) is 0 Å². The molecular weight excluding hydrogens is 165 g/mol. The van der Waals surface area contributed by atoms with Gasteiger partial charge in [0.05, 0.1) is 13.2 Å². The third-order valence-electron chi connectivity index (χ3n) is 1.58. The summed E-state index contributed by atoms with van der Waals surface area (Å²) in [5.74, 6) is 0. The van der Waals surface area contributed by atoms with Crippen molar-refractivity contribution >= 4 is 7.75 Å². The number of hydrogen-bond acceptors (Lipinski definition) is 3. The van der Waals surface area contributed by atoms with E-state index in [1.165, 1.54) is 0 Å². The molecule has 1 saturated heterocycles. The maximum Gasteiger partial charge on any atom is 0.402 e. The molecule has 0 amide bonds. The first-order chi connectivity index (χ1) is 5.21. The monoisotopic (exact) mass is 179 g/mol. The molecule has 0 aromatic rings. The minimum atomic E-state index is -3.19. The van der Waals surface area contributed by atoms with Crippen molar-refractivity contribution in [3.05, 3.63) is 0 Å². The Bertz CT molecular complexity index is 148. The van der Waals surface area contributed by atoms with Gasteiger partial charge in [-0.25, -0.2) is 10.1 Å². The highest BCUT2D eigenvalue weighted by molar-refractivity contribution is 7.51. The molecule has 0 radical (unpaired) electrons. The molecule has 0 saturated carbocycles. The third kappa shape index (κ3) is 3.87. The van der Waals surface area contributed by atoms with Crippen molar-refractivity contribution in [1.29, 1.82) is 0 Å². The van der Waals surface area contributed by atoms with E-state index < -0.39 is 7.75 Å². The largest absolute Gasteiger partial charge is 0.402 e. The van der Waals surface area contributed by atoms with Gasteiger partial charge in [-0.3, -0.25) is 9.05 Å². The topological polar surface area (TPSA) is 61.6 Å². The van der Waals surface area contributed by atoms with Crippen molar-refractivity contribution in [2.75, 3.05) is 13.2 Å². The summed E-state index contributed by atoms with van der Waals surface area (Å²) >= 11 is 0. The summed E-state index contributed by atoms with van der Waals surface area (Å²) < 4.78 is 20.8. The lowest BCUT2D eigenvalue weighted by Gasteiger charge is -2.10. The highest BCUT2D eigenvalue weighted by atomic mass is 31.2. The average molecular weight is 179 g/mol. The molecule has 0 unspecified atom stereocenters. The lowest BCUT2D eigenvalue weighted by atomic mass is 10.2. The van der Waals surface area contributed by atoms with E-state index in [0.29, 0.717) is 13.2 Å². The lowest BCUT2D eigenvalue weighted by molar-refractivity contribution is 0.210. The van der Waals surface area contributed by atoms with Crippen molar-refractivity contribution < 1.29 is 13.6 Å². The Hall–Kier alpha value is 0.110. The molecule has 0 aromatic carbocycles. The molecule has 0 bridgehead atoms. The first kappa shape index (κ1) is 9.20.